The first-order valence-electron chi connectivity index (χ1n) is 8.50. The minimum absolute atomic E-state index is 0.0565. The number of nitrogens with zero attached hydrogens (tertiary/aromatic N) is 3. The molecular formula is C17H23N5O3S. The highest BCUT2D eigenvalue weighted by Gasteiger charge is 2.26. The average Bonchev–Trinajstić information content (AvgIpc) is 3.28. The molecule has 1 aliphatic rings. The van der Waals surface area contributed by atoms with Crippen molar-refractivity contribution in [3.05, 3.63) is 34.2 Å². The smallest absolute Gasteiger partial charge is 0.314 e. The number of aryl methyl sites for hydroxylation is 1. The number of amides is 2. The van der Waals surface area contributed by atoms with Crippen LogP contribution < -0.4 is 10.6 Å². The van der Waals surface area contributed by atoms with Crippen LogP contribution >= 0.6 is 11.3 Å². The fourth-order valence-corrected chi connectivity index (χ4v) is 3.63. The summed E-state index contributed by atoms with van der Waals surface area (Å²) >= 11 is 1.63. The second-order valence-corrected chi connectivity index (χ2v) is 7.18. The van der Waals surface area contributed by atoms with Gasteiger partial charge in [-0.05, 0) is 36.4 Å². The number of likely N-dealkylation sites (N-methyl/N-ethyl adjacent to an activating group) is 1. The molecule has 2 aromatic heterocycles. The van der Waals surface area contributed by atoms with Crippen LogP contribution in [0, 0.1) is 6.92 Å². The van der Waals surface area contributed by atoms with Gasteiger partial charge in [0, 0.05) is 38.8 Å². The molecule has 9 heteroatoms. The Balaban J connectivity index is 1.58. The van der Waals surface area contributed by atoms with Gasteiger partial charge in [-0.3, -0.25) is 19.8 Å². The van der Waals surface area contributed by atoms with Crippen molar-refractivity contribution in [1.29, 1.82) is 0 Å². The predicted molar refractivity (Wildman–Crippen MR) is 99.0 cm³/mol. The van der Waals surface area contributed by atoms with E-state index in [1.165, 1.54) is 0 Å². The highest BCUT2D eigenvalue weighted by molar-refractivity contribution is 7.08. The molecule has 0 radical (unpaired) electrons. The van der Waals surface area contributed by atoms with Crippen LogP contribution in [0.2, 0.25) is 0 Å². The van der Waals surface area contributed by atoms with E-state index in [0.717, 1.165) is 31.7 Å². The molecule has 0 unspecified atom stereocenters. The van der Waals surface area contributed by atoms with Gasteiger partial charge >= 0.3 is 11.8 Å². The zero-order chi connectivity index (χ0) is 18.5. The van der Waals surface area contributed by atoms with Crippen molar-refractivity contribution in [2.75, 3.05) is 45.1 Å². The molecule has 140 valence electrons. The molecule has 0 spiro atoms. The number of anilines is 1. The Bertz CT molecular complexity index is 737. The fourth-order valence-electron chi connectivity index (χ4n) is 2.92. The average molecular weight is 377 g/mol. The van der Waals surface area contributed by atoms with Crippen LogP contribution in [0.1, 0.15) is 17.4 Å². The van der Waals surface area contributed by atoms with Crippen LogP contribution in [-0.4, -0.2) is 66.5 Å². The van der Waals surface area contributed by atoms with E-state index in [1.807, 2.05) is 5.38 Å². The molecule has 0 aliphatic carbocycles. The summed E-state index contributed by atoms with van der Waals surface area (Å²) in [5.74, 6) is -0.634. The fraction of sp³-hybridized carbons (Fsp3) is 0.471. The third-order valence-corrected chi connectivity index (χ3v) is 5.14. The molecule has 8 nitrogen and oxygen atoms in total. The van der Waals surface area contributed by atoms with E-state index in [-0.39, 0.29) is 11.9 Å². The maximum absolute atomic E-state index is 12.2. The van der Waals surface area contributed by atoms with E-state index in [1.54, 1.807) is 24.3 Å². The maximum Gasteiger partial charge on any atom is 0.314 e. The van der Waals surface area contributed by atoms with Gasteiger partial charge in [-0.15, -0.1) is 0 Å². The molecule has 3 rings (SSSR count). The molecule has 2 aromatic rings. The Kier molecular flexibility index (Phi) is 6.02. The van der Waals surface area contributed by atoms with E-state index < -0.39 is 11.8 Å². The van der Waals surface area contributed by atoms with Crippen molar-refractivity contribution in [3.8, 4) is 0 Å². The molecule has 26 heavy (non-hydrogen) atoms. The Labute approximate surface area is 156 Å². The van der Waals surface area contributed by atoms with Gasteiger partial charge in [-0.2, -0.15) is 11.3 Å². The van der Waals surface area contributed by atoms with Crippen molar-refractivity contribution in [2.24, 2.45) is 0 Å². The van der Waals surface area contributed by atoms with Crippen molar-refractivity contribution in [3.63, 3.8) is 0 Å². The van der Waals surface area contributed by atoms with Crippen LogP contribution in [0.5, 0.6) is 0 Å². The number of hydrogen-bond acceptors (Lipinski definition) is 7. The van der Waals surface area contributed by atoms with Gasteiger partial charge in [-0.1, -0.05) is 5.16 Å². The monoisotopic (exact) mass is 377 g/mol. The zero-order valence-corrected chi connectivity index (χ0v) is 15.7. The number of piperazine rings is 1. The number of carbonyl (C=O) groups is 2. The largest absolute Gasteiger partial charge is 0.360 e. The first-order valence-corrected chi connectivity index (χ1v) is 9.44. The van der Waals surface area contributed by atoms with Crippen molar-refractivity contribution in [2.45, 2.75) is 13.0 Å². The molecule has 0 aromatic carbocycles. The van der Waals surface area contributed by atoms with Gasteiger partial charge in [0.2, 0.25) is 0 Å². The van der Waals surface area contributed by atoms with E-state index in [4.69, 9.17) is 4.52 Å². The number of carbonyl (C=O) groups excluding carboxylic acids is 2. The lowest BCUT2D eigenvalue weighted by molar-refractivity contribution is -0.136. The predicted octanol–water partition coefficient (Wildman–Crippen LogP) is 1.09. The van der Waals surface area contributed by atoms with E-state index in [0.29, 0.717) is 12.3 Å². The molecule has 1 saturated heterocycles. The first kappa shape index (κ1) is 18.6. The second-order valence-electron chi connectivity index (χ2n) is 6.40. The minimum Gasteiger partial charge on any atom is -0.360 e. The molecule has 2 amide bonds. The Hall–Kier alpha value is -2.23. The summed E-state index contributed by atoms with van der Waals surface area (Å²) in [5.41, 5.74) is 1.16. The number of hydrogen-bond donors (Lipinski definition) is 2. The summed E-state index contributed by atoms with van der Waals surface area (Å²) < 4.78 is 4.87. The van der Waals surface area contributed by atoms with Gasteiger partial charge in [-0.25, -0.2) is 0 Å². The summed E-state index contributed by atoms with van der Waals surface area (Å²) in [4.78, 5) is 28.8. The van der Waals surface area contributed by atoms with E-state index >= 15 is 0 Å². The highest BCUT2D eigenvalue weighted by atomic mass is 32.1. The summed E-state index contributed by atoms with van der Waals surface area (Å²) in [6, 6.07) is 3.68. The Morgan fingerprint density at radius 3 is 2.69 bits per heavy atom. The molecule has 0 saturated carbocycles. The van der Waals surface area contributed by atoms with Gasteiger partial charge in [0.05, 0.1) is 6.04 Å². The summed E-state index contributed by atoms with van der Waals surface area (Å²) in [6.07, 6.45) is 0. The standard InChI is InChI=1S/C17H23N5O3S/c1-12-9-15(20-25-12)19-17(24)16(23)18-10-14(13-3-8-26-11-13)22-6-4-21(2)5-7-22/h3,8-9,11,14H,4-7,10H2,1-2H3,(H,18,23)(H,19,20,24)/t14-/m0/s1. The van der Waals surface area contributed by atoms with Crippen LogP contribution in [0.25, 0.3) is 0 Å². The SMILES string of the molecule is Cc1cc(NC(=O)C(=O)NC[C@@H](c2ccsc2)N2CCN(C)CC2)no1. The molecular weight excluding hydrogens is 354 g/mol. The zero-order valence-electron chi connectivity index (χ0n) is 14.9. The molecule has 2 N–H and O–H groups in total. The Morgan fingerprint density at radius 1 is 1.31 bits per heavy atom. The lowest BCUT2D eigenvalue weighted by atomic mass is 10.1. The highest BCUT2D eigenvalue weighted by Crippen LogP contribution is 2.23. The Morgan fingerprint density at radius 2 is 2.08 bits per heavy atom. The van der Waals surface area contributed by atoms with Gasteiger partial charge < -0.3 is 14.7 Å². The molecule has 1 atom stereocenters. The van der Waals surface area contributed by atoms with Crippen molar-refractivity contribution >= 4 is 29.0 Å². The van der Waals surface area contributed by atoms with Gasteiger partial charge in [0.1, 0.15) is 5.76 Å². The van der Waals surface area contributed by atoms with Crippen LogP contribution in [0.15, 0.2) is 27.4 Å². The van der Waals surface area contributed by atoms with Crippen molar-refractivity contribution < 1.29 is 14.1 Å². The quantitative estimate of drug-likeness (QED) is 0.758. The third kappa shape index (κ3) is 4.69. The second kappa shape index (κ2) is 8.43. The summed E-state index contributed by atoms with van der Waals surface area (Å²) in [6.45, 7) is 5.92. The summed E-state index contributed by atoms with van der Waals surface area (Å²) in [7, 11) is 2.11. The number of nitrogens with one attached hydrogen (secondary N) is 2. The lowest BCUT2D eigenvalue weighted by Crippen LogP contribution is -2.49. The van der Waals surface area contributed by atoms with Crippen molar-refractivity contribution in [1.82, 2.24) is 20.3 Å². The van der Waals surface area contributed by atoms with E-state index in [9.17, 15) is 9.59 Å². The van der Waals surface area contributed by atoms with Crippen LogP contribution in [0.4, 0.5) is 5.82 Å². The summed E-state index contributed by atoms with van der Waals surface area (Å²) in [5, 5.41) is 13.0. The molecule has 1 fully saturated rings. The van der Waals surface area contributed by atoms with Crippen LogP contribution in [-0.2, 0) is 9.59 Å². The minimum atomic E-state index is -0.749. The van der Waals surface area contributed by atoms with Gasteiger partial charge in [0.25, 0.3) is 0 Å². The molecule has 0 bridgehead atoms. The number of aromatic nitrogens is 1. The van der Waals surface area contributed by atoms with E-state index in [2.05, 4.69) is 44.1 Å². The topological polar surface area (TPSA) is 90.7 Å². The maximum atomic E-state index is 12.2. The molecule has 1 aliphatic heterocycles. The van der Waals surface area contributed by atoms with Gasteiger partial charge in [0.15, 0.2) is 5.82 Å². The normalized spacial score (nSPS) is 17.0. The lowest BCUT2D eigenvalue weighted by Gasteiger charge is -2.37. The first-order chi connectivity index (χ1) is 12.5. The molecule has 3 heterocycles. The van der Waals surface area contributed by atoms with Crippen LogP contribution in [0.3, 0.4) is 0 Å². The number of thiophene rings is 1. The third-order valence-electron chi connectivity index (χ3n) is 4.44. The number of rotatable bonds is 5.